The molecule has 4 atom stereocenters. The van der Waals surface area contributed by atoms with Crippen molar-refractivity contribution in [2.24, 2.45) is 11.8 Å². The Kier molecular flexibility index (Phi) is 3.85. The Morgan fingerprint density at radius 1 is 1.52 bits per heavy atom. The third-order valence-corrected chi connectivity index (χ3v) is 5.34. The van der Waals surface area contributed by atoms with E-state index in [1.807, 2.05) is 19.1 Å². The van der Waals surface area contributed by atoms with E-state index in [1.54, 1.807) is 6.07 Å². The number of benzene rings is 1. The van der Waals surface area contributed by atoms with E-state index in [0.717, 1.165) is 0 Å². The molecule has 3 heterocycles. The van der Waals surface area contributed by atoms with Crippen molar-refractivity contribution in [2.45, 2.75) is 25.0 Å². The van der Waals surface area contributed by atoms with Crippen LogP contribution in [-0.2, 0) is 19.1 Å². The Labute approximate surface area is 149 Å². The summed E-state index contributed by atoms with van der Waals surface area (Å²) in [5.41, 5.74) is -0.454. The van der Waals surface area contributed by atoms with Crippen LogP contribution in [0.2, 0.25) is 5.02 Å². The number of halogens is 2. The lowest BCUT2D eigenvalue weighted by molar-refractivity contribution is -0.152. The van der Waals surface area contributed by atoms with E-state index in [4.69, 9.17) is 21.1 Å². The van der Waals surface area contributed by atoms with Crippen LogP contribution in [-0.4, -0.2) is 36.7 Å². The summed E-state index contributed by atoms with van der Waals surface area (Å²) in [7, 11) is 0. The zero-order valence-electron chi connectivity index (χ0n) is 13.6. The molecule has 2 saturated heterocycles. The molecule has 0 aromatic heterocycles. The number of hydrogen-bond donors (Lipinski definition) is 0. The van der Waals surface area contributed by atoms with Crippen molar-refractivity contribution in [3.8, 4) is 0 Å². The zero-order chi connectivity index (χ0) is 17.8. The lowest BCUT2D eigenvalue weighted by atomic mass is 9.77. The van der Waals surface area contributed by atoms with Gasteiger partial charge in [-0.3, -0.25) is 9.59 Å². The van der Waals surface area contributed by atoms with E-state index in [9.17, 15) is 14.0 Å². The first-order chi connectivity index (χ1) is 12.0. The van der Waals surface area contributed by atoms with Crippen LogP contribution in [0.1, 0.15) is 13.3 Å². The standard InChI is InChI=1S/C18H17ClFNO4/c1-2-7-24-17(23)14-13-5-6-18(25-13)9-21(16(22)15(14)18)10-3-4-11(19)12(20)8-10/h3-6,8,13-15H,2,7,9H2,1H3/t13-,14+,15+,18+/m1/s1. The molecular weight excluding hydrogens is 349 g/mol. The molecule has 7 heteroatoms. The molecule has 3 aliphatic rings. The molecule has 25 heavy (non-hydrogen) atoms. The van der Waals surface area contributed by atoms with Crippen LogP contribution >= 0.6 is 11.6 Å². The molecule has 3 aliphatic heterocycles. The van der Waals surface area contributed by atoms with E-state index in [-0.39, 0.29) is 17.5 Å². The molecule has 0 N–H and O–H groups in total. The SMILES string of the molecule is CCCOC(=O)[C@@H]1[C@H]2C(=O)N(c3ccc(Cl)c(F)c3)C[C@@]23C=C[C@H]1O3. The van der Waals surface area contributed by atoms with Gasteiger partial charge in [-0.15, -0.1) is 0 Å². The van der Waals surface area contributed by atoms with Gasteiger partial charge < -0.3 is 14.4 Å². The highest BCUT2D eigenvalue weighted by Crippen LogP contribution is 2.53. The molecule has 1 aromatic rings. The van der Waals surface area contributed by atoms with Crippen molar-refractivity contribution in [1.29, 1.82) is 0 Å². The Balaban J connectivity index is 1.65. The van der Waals surface area contributed by atoms with Gasteiger partial charge in [0.2, 0.25) is 5.91 Å². The van der Waals surface area contributed by atoms with Crippen molar-refractivity contribution in [3.63, 3.8) is 0 Å². The number of fused-ring (bicyclic) bond motifs is 1. The van der Waals surface area contributed by atoms with Crippen LogP contribution in [0.15, 0.2) is 30.4 Å². The maximum atomic E-state index is 13.8. The van der Waals surface area contributed by atoms with E-state index < -0.39 is 35.3 Å². The van der Waals surface area contributed by atoms with E-state index in [1.165, 1.54) is 17.0 Å². The Bertz CT molecular complexity index is 782. The van der Waals surface area contributed by atoms with Gasteiger partial charge in [0.1, 0.15) is 17.3 Å². The highest BCUT2D eigenvalue weighted by atomic mass is 35.5. The van der Waals surface area contributed by atoms with Gasteiger partial charge in [-0.25, -0.2) is 4.39 Å². The molecule has 4 rings (SSSR count). The topological polar surface area (TPSA) is 55.8 Å². The second-order valence-electron chi connectivity index (χ2n) is 6.59. The molecule has 5 nitrogen and oxygen atoms in total. The second kappa shape index (κ2) is 5.81. The second-order valence-corrected chi connectivity index (χ2v) is 7.00. The van der Waals surface area contributed by atoms with Gasteiger partial charge in [0, 0.05) is 5.69 Å². The molecule has 2 fully saturated rings. The average Bonchev–Trinajstić information content (AvgIpc) is 3.23. The van der Waals surface area contributed by atoms with Crippen LogP contribution < -0.4 is 4.90 Å². The van der Waals surface area contributed by atoms with E-state index in [0.29, 0.717) is 18.7 Å². The zero-order valence-corrected chi connectivity index (χ0v) is 14.3. The van der Waals surface area contributed by atoms with Crippen LogP contribution in [0, 0.1) is 17.7 Å². The summed E-state index contributed by atoms with van der Waals surface area (Å²) in [6.07, 6.45) is 3.92. The number of rotatable bonds is 4. The molecule has 0 radical (unpaired) electrons. The Morgan fingerprint density at radius 3 is 3.04 bits per heavy atom. The summed E-state index contributed by atoms with van der Waals surface area (Å²) in [6.45, 7) is 2.46. The van der Waals surface area contributed by atoms with Gasteiger partial charge in [-0.2, -0.15) is 0 Å². The molecule has 0 saturated carbocycles. The van der Waals surface area contributed by atoms with Gasteiger partial charge in [0.05, 0.1) is 30.2 Å². The van der Waals surface area contributed by atoms with E-state index >= 15 is 0 Å². The molecule has 1 spiro atoms. The first-order valence-corrected chi connectivity index (χ1v) is 8.65. The summed E-state index contributed by atoms with van der Waals surface area (Å²) in [5.74, 6) is -2.58. The molecule has 0 aliphatic carbocycles. The Morgan fingerprint density at radius 2 is 2.32 bits per heavy atom. The number of anilines is 1. The van der Waals surface area contributed by atoms with Crippen molar-refractivity contribution in [2.75, 3.05) is 18.1 Å². The first-order valence-electron chi connectivity index (χ1n) is 8.27. The van der Waals surface area contributed by atoms with E-state index in [2.05, 4.69) is 0 Å². The summed E-state index contributed by atoms with van der Waals surface area (Å²) in [5, 5.41) is -0.00755. The van der Waals surface area contributed by atoms with Crippen LogP contribution in [0.3, 0.4) is 0 Å². The average molecular weight is 366 g/mol. The largest absolute Gasteiger partial charge is 0.465 e. The number of ether oxygens (including phenoxy) is 2. The predicted molar refractivity (Wildman–Crippen MR) is 88.7 cm³/mol. The third kappa shape index (κ3) is 2.39. The smallest absolute Gasteiger partial charge is 0.312 e. The minimum Gasteiger partial charge on any atom is -0.465 e. The highest BCUT2D eigenvalue weighted by Gasteiger charge is 2.67. The maximum absolute atomic E-state index is 13.8. The molecule has 1 amide bonds. The number of carbonyl (C=O) groups is 2. The monoisotopic (exact) mass is 365 g/mol. The summed E-state index contributed by atoms with van der Waals surface area (Å²) >= 11 is 5.72. The summed E-state index contributed by atoms with van der Waals surface area (Å²) < 4.78 is 25.0. The molecule has 1 aromatic carbocycles. The van der Waals surface area contributed by atoms with Crippen LogP contribution in [0.25, 0.3) is 0 Å². The fourth-order valence-electron chi connectivity index (χ4n) is 3.94. The summed E-state index contributed by atoms with van der Waals surface area (Å²) in [4.78, 5) is 26.9. The lowest BCUT2D eigenvalue weighted by Crippen LogP contribution is -2.40. The van der Waals surface area contributed by atoms with Crippen LogP contribution in [0.4, 0.5) is 10.1 Å². The van der Waals surface area contributed by atoms with Gasteiger partial charge in [0.25, 0.3) is 0 Å². The van der Waals surface area contributed by atoms with Gasteiger partial charge in [-0.1, -0.05) is 30.7 Å². The Hall–Kier alpha value is -1.92. The van der Waals surface area contributed by atoms with Gasteiger partial charge >= 0.3 is 5.97 Å². The number of hydrogen-bond acceptors (Lipinski definition) is 4. The normalized spacial score (nSPS) is 32.4. The molecular formula is C18H17ClFNO4. The quantitative estimate of drug-likeness (QED) is 0.608. The first kappa shape index (κ1) is 16.5. The van der Waals surface area contributed by atoms with Crippen molar-refractivity contribution >= 4 is 29.2 Å². The molecule has 0 unspecified atom stereocenters. The van der Waals surface area contributed by atoms with Crippen molar-refractivity contribution in [3.05, 3.63) is 41.2 Å². The summed E-state index contributed by atoms with van der Waals surface area (Å²) in [6, 6.07) is 4.21. The number of carbonyl (C=O) groups excluding carboxylic acids is 2. The molecule has 2 bridgehead atoms. The third-order valence-electron chi connectivity index (χ3n) is 5.04. The number of amides is 1. The van der Waals surface area contributed by atoms with Crippen molar-refractivity contribution < 1.29 is 23.5 Å². The van der Waals surface area contributed by atoms with Crippen LogP contribution in [0.5, 0.6) is 0 Å². The predicted octanol–water partition coefficient (Wildman–Crippen LogP) is 2.72. The molecule has 132 valence electrons. The highest BCUT2D eigenvalue weighted by molar-refractivity contribution is 6.30. The number of esters is 1. The van der Waals surface area contributed by atoms with Gasteiger partial charge in [0.15, 0.2) is 0 Å². The van der Waals surface area contributed by atoms with Gasteiger partial charge in [-0.05, 0) is 24.6 Å². The fraction of sp³-hybridized carbons (Fsp3) is 0.444. The lowest BCUT2D eigenvalue weighted by Gasteiger charge is -2.22. The minimum atomic E-state index is -0.853. The van der Waals surface area contributed by atoms with Crippen molar-refractivity contribution in [1.82, 2.24) is 0 Å². The number of nitrogens with zero attached hydrogens (tertiary/aromatic N) is 1. The maximum Gasteiger partial charge on any atom is 0.312 e. The minimum absolute atomic E-state index is 0.00755. The fourth-order valence-corrected chi connectivity index (χ4v) is 4.06.